The van der Waals surface area contributed by atoms with Gasteiger partial charge in [-0.2, -0.15) is 0 Å². The van der Waals surface area contributed by atoms with Crippen molar-refractivity contribution in [1.82, 2.24) is 4.90 Å². The first-order chi connectivity index (χ1) is 8.14. The maximum Gasteiger partial charge on any atom is -0.00134 e. The first-order valence-corrected chi connectivity index (χ1v) is 7.49. The molecule has 102 valence electrons. The summed E-state index contributed by atoms with van der Waals surface area (Å²) in [4.78, 5) is 2.46. The highest BCUT2D eigenvalue weighted by atomic mass is 15.1. The van der Waals surface area contributed by atoms with Crippen LogP contribution in [0.3, 0.4) is 0 Å². The summed E-state index contributed by atoms with van der Waals surface area (Å²) in [6.07, 6.45) is 5.58. The molecule has 0 bridgehead atoms. The van der Waals surface area contributed by atoms with Gasteiger partial charge in [-0.25, -0.2) is 0 Å². The molecule has 1 heteroatoms. The van der Waals surface area contributed by atoms with E-state index in [4.69, 9.17) is 0 Å². The van der Waals surface area contributed by atoms with Crippen LogP contribution in [-0.4, -0.2) is 25.0 Å². The highest BCUT2D eigenvalue weighted by Crippen LogP contribution is 2.49. The van der Waals surface area contributed by atoms with Crippen molar-refractivity contribution in [2.75, 3.05) is 20.1 Å². The number of piperidine rings is 1. The lowest BCUT2D eigenvalue weighted by atomic mass is 9.73. The molecule has 2 rings (SSSR count). The molecule has 1 aliphatic heterocycles. The van der Waals surface area contributed by atoms with Crippen LogP contribution in [0.5, 0.6) is 0 Å². The number of hydrogen-bond acceptors (Lipinski definition) is 1. The molecule has 0 unspecified atom stereocenters. The lowest BCUT2D eigenvalue weighted by Crippen LogP contribution is -2.37. The molecule has 1 heterocycles. The van der Waals surface area contributed by atoms with E-state index in [0.29, 0.717) is 5.41 Å². The minimum Gasteiger partial charge on any atom is -0.306 e. The monoisotopic (exact) mass is 239 g/mol. The fourth-order valence-corrected chi connectivity index (χ4v) is 2.93. The van der Waals surface area contributed by atoms with E-state index in [0.717, 1.165) is 0 Å². The highest BCUT2D eigenvalue weighted by molar-refractivity contribution is 5.26. The third-order valence-electron chi connectivity index (χ3n) is 4.36. The highest BCUT2D eigenvalue weighted by Gasteiger charge is 2.38. The van der Waals surface area contributed by atoms with Crippen molar-refractivity contribution in [2.24, 2.45) is 5.41 Å². The van der Waals surface area contributed by atoms with Gasteiger partial charge in [-0.1, -0.05) is 38.8 Å². The third kappa shape index (κ3) is 3.84. The molecule has 0 N–H and O–H groups in total. The number of rotatable bonds is 0. The quantitative estimate of drug-likeness (QED) is 0.545. The van der Waals surface area contributed by atoms with Gasteiger partial charge in [0.2, 0.25) is 0 Å². The standard InChI is InChI=1S/C12H21N.2C2H6/c1-10-4-5-12(11(10)2)6-8-13(3)9-7-12;2*1-2/h4-9H2,1-3H3;2*1-2H3. The molecule has 0 saturated carbocycles. The van der Waals surface area contributed by atoms with Gasteiger partial charge in [0.05, 0.1) is 0 Å². The molecule has 1 nitrogen and oxygen atoms in total. The Morgan fingerprint density at radius 3 is 1.71 bits per heavy atom. The van der Waals surface area contributed by atoms with Gasteiger partial charge in [0.1, 0.15) is 0 Å². The van der Waals surface area contributed by atoms with E-state index in [1.54, 1.807) is 11.1 Å². The minimum atomic E-state index is 0.622. The van der Waals surface area contributed by atoms with Crippen LogP contribution in [0, 0.1) is 5.41 Å². The summed E-state index contributed by atoms with van der Waals surface area (Å²) in [6, 6.07) is 0. The summed E-state index contributed by atoms with van der Waals surface area (Å²) < 4.78 is 0. The van der Waals surface area contributed by atoms with E-state index in [-0.39, 0.29) is 0 Å². The fraction of sp³-hybridized carbons (Fsp3) is 0.875. The fourth-order valence-electron chi connectivity index (χ4n) is 2.93. The molecule has 1 aliphatic carbocycles. The second kappa shape index (κ2) is 7.92. The molecule has 1 spiro atoms. The predicted molar refractivity (Wildman–Crippen MR) is 79.5 cm³/mol. The molecule has 17 heavy (non-hydrogen) atoms. The SMILES string of the molecule is CC.CC.CC1=C(C)C2(CC1)CCN(C)CC2. The zero-order valence-electron chi connectivity index (χ0n) is 13.2. The maximum absolute atomic E-state index is 2.46. The van der Waals surface area contributed by atoms with Gasteiger partial charge >= 0.3 is 0 Å². The van der Waals surface area contributed by atoms with Crippen LogP contribution in [0.1, 0.15) is 67.2 Å². The molecule has 0 aromatic carbocycles. The molecule has 0 atom stereocenters. The van der Waals surface area contributed by atoms with Gasteiger partial charge in [0.25, 0.3) is 0 Å². The summed E-state index contributed by atoms with van der Waals surface area (Å²) in [7, 11) is 2.24. The van der Waals surface area contributed by atoms with E-state index in [1.807, 2.05) is 27.7 Å². The van der Waals surface area contributed by atoms with E-state index in [1.165, 1.54) is 38.8 Å². The van der Waals surface area contributed by atoms with E-state index in [9.17, 15) is 0 Å². The Bertz CT molecular complexity index is 232. The van der Waals surface area contributed by atoms with E-state index in [2.05, 4.69) is 25.8 Å². The molecule has 1 fully saturated rings. The molecular formula is C16H33N. The molecule has 0 radical (unpaired) electrons. The summed E-state index contributed by atoms with van der Waals surface area (Å²) in [5.41, 5.74) is 4.02. The second-order valence-electron chi connectivity index (χ2n) is 4.99. The normalized spacial score (nSPS) is 22.8. The zero-order chi connectivity index (χ0) is 13.5. The van der Waals surface area contributed by atoms with Crippen molar-refractivity contribution >= 4 is 0 Å². The van der Waals surface area contributed by atoms with Gasteiger partial charge in [-0.05, 0) is 65.1 Å². The lowest BCUT2D eigenvalue weighted by molar-refractivity contribution is 0.154. The Morgan fingerprint density at radius 1 is 0.882 bits per heavy atom. The Labute approximate surface area is 109 Å². The van der Waals surface area contributed by atoms with Crippen molar-refractivity contribution in [3.8, 4) is 0 Å². The Kier molecular flexibility index (Phi) is 7.78. The number of hydrogen-bond donors (Lipinski definition) is 0. The molecule has 0 amide bonds. The minimum absolute atomic E-state index is 0.622. The van der Waals surface area contributed by atoms with Crippen LogP contribution < -0.4 is 0 Å². The van der Waals surface area contributed by atoms with Gasteiger partial charge in [0, 0.05) is 0 Å². The summed E-state index contributed by atoms with van der Waals surface area (Å²) >= 11 is 0. The lowest BCUT2D eigenvalue weighted by Gasteiger charge is -2.39. The first-order valence-electron chi connectivity index (χ1n) is 7.49. The van der Waals surface area contributed by atoms with Crippen molar-refractivity contribution in [2.45, 2.75) is 67.2 Å². The smallest absolute Gasteiger partial charge is 0.00134 e. The van der Waals surface area contributed by atoms with Crippen LogP contribution in [0.4, 0.5) is 0 Å². The second-order valence-corrected chi connectivity index (χ2v) is 4.99. The average Bonchev–Trinajstić information content (AvgIpc) is 2.67. The van der Waals surface area contributed by atoms with Crippen molar-refractivity contribution in [3.05, 3.63) is 11.1 Å². The van der Waals surface area contributed by atoms with Gasteiger partial charge in [-0.3, -0.25) is 0 Å². The molecule has 0 aromatic rings. The summed E-state index contributed by atoms with van der Waals surface area (Å²) in [5.74, 6) is 0. The van der Waals surface area contributed by atoms with Crippen molar-refractivity contribution < 1.29 is 0 Å². The van der Waals surface area contributed by atoms with Crippen LogP contribution in [0.25, 0.3) is 0 Å². The predicted octanol–water partition coefficient (Wildman–Crippen LogP) is 4.88. The van der Waals surface area contributed by atoms with Gasteiger partial charge in [0.15, 0.2) is 0 Å². The molecule has 2 aliphatic rings. The third-order valence-corrected chi connectivity index (χ3v) is 4.36. The van der Waals surface area contributed by atoms with E-state index >= 15 is 0 Å². The largest absolute Gasteiger partial charge is 0.306 e. The maximum atomic E-state index is 2.46. The van der Waals surface area contributed by atoms with Crippen LogP contribution in [0.2, 0.25) is 0 Å². The average molecular weight is 239 g/mol. The van der Waals surface area contributed by atoms with Crippen LogP contribution in [-0.2, 0) is 0 Å². The number of likely N-dealkylation sites (tertiary alicyclic amines) is 1. The Morgan fingerprint density at radius 2 is 1.35 bits per heavy atom. The first kappa shape index (κ1) is 16.7. The topological polar surface area (TPSA) is 3.24 Å². The summed E-state index contributed by atoms with van der Waals surface area (Å²) in [5, 5.41) is 0. The van der Waals surface area contributed by atoms with Crippen molar-refractivity contribution in [1.29, 1.82) is 0 Å². The van der Waals surface area contributed by atoms with Crippen LogP contribution in [0.15, 0.2) is 11.1 Å². The molecule has 1 saturated heterocycles. The van der Waals surface area contributed by atoms with Crippen LogP contribution >= 0.6 is 0 Å². The van der Waals surface area contributed by atoms with Gasteiger partial charge < -0.3 is 4.90 Å². The Balaban J connectivity index is 0.000000581. The molecule has 0 aromatic heterocycles. The number of allylic oxidation sites excluding steroid dienone is 2. The molecular weight excluding hydrogens is 206 g/mol. The summed E-state index contributed by atoms with van der Waals surface area (Å²) in [6.45, 7) is 15.3. The van der Waals surface area contributed by atoms with Gasteiger partial charge in [-0.15, -0.1) is 0 Å². The zero-order valence-corrected chi connectivity index (χ0v) is 13.2. The Hall–Kier alpha value is -0.300. The number of nitrogens with zero attached hydrogens (tertiary/aromatic N) is 1. The van der Waals surface area contributed by atoms with E-state index < -0.39 is 0 Å². The van der Waals surface area contributed by atoms with Crippen molar-refractivity contribution in [3.63, 3.8) is 0 Å².